The van der Waals surface area contributed by atoms with Crippen LogP contribution in [0, 0.1) is 29.1 Å². The van der Waals surface area contributed by atoms with Crippen LogP contribution in [0.3, 0.4) is 0 Å². The summed E-state index contributed by atoms with van der Waals surface area (Å²) in [5.74, 6) is 3.26. The fourth-order valence-electron chi connectivity index (χ4n) is 7.77. The van der Waals surface area contributed by atoms with Gasteiger partial charge >= 0.3 is 5.97 Å². The molecule has 3 saturated carbocycles. The summed E-state index contributed by atoms with van der Waals surface area (Å²) in [6.07, 6.45) is 20.3. The number of hydrogen-bond acceptors (Lipinski definition) is 3. The number of ether oxygens (including phenoxy) is 1. The molecule has 3 heteroatoms. The van der Waals surface area contributed by atoms with Crippen LogP contribution < -0.4 is 0 Å². The van der Waals surface area contributed by atoms with Crippen molar-refractivity contribution in [3.05, 3.63) is 11.6 Å². The fraction of sp³-hybridized carbons (Fsp3) is 0.857. The van der Waals surface area contributed by atoms with E-state index in [1.807, 2.05) is 6.08 Å². The van der Waals surface area contributed by atoms with Crippen LogP contribution in [0.15, 0.2) is 11.6 Å². The van der Waals surface area contributed by atoms with Crippen LogP contribution >= 0.6 is 0 Å². The van der Waals surface area contributed by atoms with Crippen LogP contribution in [0.5, 0.6) is 0 Å². The van der Waals surface area contributed by atoms with Crippen molar-refractivity contribution in [1.82, 2.24) is 0 Å². The van der Waals surface area contributed by atoms with Crippen molar-refractivity contribution >= 4 is 11.8 Å². The van der Waals surface area contributed by atoms with Crippen molar-refractivity contribution < 1.29 is 14.3 Å². The van der Waals surface area contributed by atoms with Gasteiger partial charge in [-0.15, -0.1) is 0 Å². The molecule has 0 N–H and O–H groups in total. The molecular weight excluding hydrogens is 384 g/mol. The van der Waals surface area contributed by atoms with Crippen molar-refractivity contribution in [2.45, 2.75) is 123 Å². The molecule has 3 fully saturated rings. The van der Waals surface area contributed by atoms with Crippen LogP contribution in [-0.2, 0) is 14.3 Å². The van der Waals surface area contributed by atoms with E-state index in [0.717, 1.165) is 50.4 Å². The Morgan fingerprint density at radius 2 is 1.74 bits per heavy atom. The molecule has 0 bridgehead atoms. The second kappa shape index (κ2) is 10.2. The Bertz CT molecular complexity index is 680. The van der Waals surface area contributed by atoms with Gasteiger partial charge in [-0.1, -0.05) is 57.9 Å². The second-order valence-corrected chi connectivity index (χ2v) is 11.3. The largest absolute Gasteiger partial charge is 0.462 e. The normalized spacial score (nSPS) is 36.9. The van der Waals surface area contributed by atoms with Crippen LogP contribution in [0.2, 0.25) is 0 Å². The summed E-state index contributed by atoms with van der Waals surface area (Å²) < 4.78 is 6.13. The molecule has 0 aromatic carbocycles. The van der Waals surface area contributed by atoms with Gasteiger partial charge in [-0.05, 0) is 81.1 Å². The van der Waals surface area contributed by atoms with Crippen LogP contribution in [0.4, 0.5) is 0 Å². The quantitative estimate of drug-likeness (QED) is 0.288. The highest BCUT2D eigenvalue weighted by atomic mass is 16.5. The van der Waals surface area contributed by atoms with E-state index in [4.69, 9.17) is 4.74 Å². The minimum absolute atomic E-state index is 0.0437. The summed E-state index contributed by atoms with van der Waals surface area (Å²) in [5, 5.41) is 0. The lowest BCUT2D eigenvalue weighted by atomic mass is 9.52. The minimum atomic E-state index is 0.0437. The first kappa shape index (κ1) is 23.1. The van der Waals surface area contributed by atoms with Crippen molar-refractivity contribution in [3.8, 4) is 0 Å². The molecule has 31 heavy (non-hydrogen) atoms. The Labute approximate surface area is 189 Å². The molecule has 4 aliphatic carbocycles. The van der Waals surface area contributed by atoms with E-state index in [0.29, 0.717) is 24.0 Å². The molecule has 0 amide bonds. The van der Waals surface area contributed by atoms with Gasteiger partial charge < -0.3 is 4.74 Å². The third-order valence-electron chi connectivity index (χ3n) is 9.47. The molecule has 0 heterocycles. The van der Waals surface area contributed by atoms with Crippen LogP contribution in [0.1, 0.15) is 117 Å². The first-order valence-electron chi connectivity index (χ1n) is 13.5. The zero-order valence-electron chi connectivity index (χ0n) is 20.0. The Hall–Kier alpha value is -1.12. The lowest BCUT2D eigenvalue weighted by Crippen LogP contribution is -2.48. The zero-order chi connectivity index (χ0) is 21.8. The monoisotopic (exact) mass is 428 g/mol. The number of unbranched alkanes of at least 4 members (excludes halogenated alkanes) is 6. The first-order chi connectivity index (χ1) is 15.0. The van der Waals surface area contributed by atoms with E-state index >= 15 is 0 Å². The summed E-state index contributed by atoms with van der Waals surface area (Å²) >= 11 is 0. The first-order valence-corrected chi connectivity index (χ1v) is 13.5. The van der Waals surface area contributed by atoms with Gasteiger partial charge in [0.2, 0.25) is 0 Å². The Morgan fingerprint density at radius 3 is 2.55 bits per heavy atom. The molecule has 0 aromatic heterocycles. The summed E-state index contributed by atoms with van der Waals surface area (Å²) in [6, 6.07) is 0. The van der Waals surface area contributed by atoms with E-state index in [2.05, 4.69) is 13.8 Å². The highest BCUT2D eigenvalue weighted by Gasteiger charge is 2.57. The molecule has 6 atom stereocenters. The maximum atomic E-state index is 12.6. The van der Waals surface area contributed by atoms with Crippen LogP contribution in [0.25, 0.3) is 0 Å². The van der Waals surface area contributed by atoms with E-state index in [1.165, 1.54) is 63.4 Å². The van der Waals surface area contributed by atoms with Gasteiger partial charge in [0.1, 0.15) is 6.10 Å². The maximum Gasteiger partial charge on any atom is 0.306 e. The summed E-state index contributed by atoms with van der Waals surface area (Å²) in [5.41, 5.74) is 1.62. The standard InChI is InChI=1S/C28H44O3/c1-3-4-5-6-7-8-9-10-27(30)31-26-16-15-25-24-13-11-20-19-21(29)12-14-22(20)23(24)17-18-28(25,26)2/h19,22-26H,3-18H2,1-2H3/t22-,23+,24+,25-,26?,28-/m0/s1. The number of esters is 1. The summed E-state index contributed by atoms with van der Waals surface area (Å²) in [6.45, 7) is 4.67. The zero-order valence-corrected chi connectivity index (χ0v) is 20.0. The highest BCUT2D eigenvalue weighted by molar-refractivity contribution is 5.91. The number of ketones is 1. The summed E-state index contributed by atoms with van der Waals surface area (Å²) in [7, 11) is 0. The van der Waals surface area contributed by atoms with Crippen molar-refractivity contribution in [2.75, 3.05) is 0 Å². The fourth-order valence-corrected chi connectivity index (χ4v) is 7.77. The molecule has 4 rings (SSSR count). The molecule has 4 aliphatic rings. The highest BCUT2D eigenvalue weighted by Crippen LogP contribution is 2.62. The molecule has 0 aliphatic heterocycles. The van der Waals surface area contributed by atoms with E-state index in [-0.39, 0.29) is 17.5 Å². The van der Waals surface area contributed by atoms with Crippen molar-refractivity contribution in [3.63, 3.8) is 0 Å². The van der Waals surface area contributed by atoms with Crippen molar-refractivity contribution in [1.29, 1.82) is 0 Å². The van der Waals surface area contributed by atoms with Gasteiger partial charge in [-0.3, -0.25) is 9.59 Å². The van der Waals surface area contributed by atoms with Crippen molar-refractivity contribution in [2.24, 2.45) is 29.1 Å². The number of hydrogen-bond donors (Lipinski definition) is 0. The number of carbonyl (C=O) groups excluding carboxylic acids is 2. The Kier molecular flexibility index (Phi) is 7.60. The molecule has 1 unspecified atom stereocenters. The lowest BCUT2D eigenvalue weighted by Gasteiger charge is -2.53. The topological polar surface area (TPSA) is 43.4 Å². The number of rotatable bonds is 9. The molecule has 174 valence electrons. The minimum Gasteiger partial charge on any atom is -0.462 e. The average molecular weight is 429 g/mol. The predicted molar refractivity (Wildman–Crippen MR) is 125 cm³/mol. The third kappa shape index (κ3) is 4.96. The molecule has 0 saturated heterocycles. The molecular formula is C28H44O3. The Morgan fingerprint density at radius 1 is 0.968 bits per heavy atom. The molecule has 3 nitrogen and oxygen atoms in total. The van der Waals surface area contributed by atoms with Gasteiger partial charge in [0.25, 0.3) is 0 Å². The average Bonchev–Trinajstić information content (AvgIpc) is 3.09. The van der Waals surface area contributed by atoms with E-state index < -0.39 is 0 Å². The molecule has 0 aromatic rings. The number of allylic oxidation sites excluding steroid dienone is 1. The van der Waals surface area contributed by atoms with Gasteiger partial charge in [0.05, 0.1) is 0 Å². The van der Waals surface area contributed by atoms with Gasteiger partial charge in [0.15, 0.2) is 5.78 Å². The smallest absolute Gasteiger partial charge is 0.306 e. The SMILES string of the molecule is CCCCCCCCCC(=O)OC1CC[C@H]2[C@@H]3CCC4=CC(=O)CC[C@@H]4[C@H]3CC[C@]12C. The molecule has 0 radical (unpaired) electrons. The predicted octanol–water partition coefficient (Wildman–Crippen LogP) is 7.18. The molecule has 0 spiro atoms. The van der Waals surface area contributed by atoms with Crippen LogP contribution in [-0.4, -0.2) is 17.9 Å². The van der Waals surface area contributed by atoms with Gasteiger partial charge in [0, 0.05) is 18.3 Å². The second-order valence-electron chi connectivity index (χ2n) is 11.3. The summed E-state index contributed by atoms with van der Waals surface area (Å²) in [4.78, 5) is 24.5. The van der Waals surface area contributed by atoms with Gasteiger partial charge in [-0.2, -0.15) is 0 Å². The van der Waals surface area contributed by atoms with E-state index in [1.54, 1.807) is 0 Å². The van der Waals surface area contributed by atoms with E-state index in [9.17, 15) is 9.59 Å². The van der Waals surface area contributed by atoms with Gasteiger partial charge in [-0.25, -0.2) is 0 Å². The lowest BCUT2D eigenvalue weighted by molar-refractivity contribution is -0.159. The Balaban J connectivity index is 1.27. The number of fused-ring (bicyclic) bond motifs is 5. The maximum absolute atomic E-state index is 12.6. The number of carbonyl (C=O) groups is 2. The third-order valence-corrected chi connectivity index (χ3v) is 9.47.